The maximum atomic E-state index is 11.3. The SMILES string of the molecule is COc1cccc(C(=O)O)c1OC(C)C1CCCC1. The summed E-state index contributed by atoms with van der Waals surface area (Å²) in [5, 5.41) is 9.23. The molecule has 19 heavy (non-hydrogen) atoms. The van der Waals surface area contributed by atoms with Crippen molar-refractivity contribution in [3.05, 3.63) is 23.8 Å². The number of hydrogen-bond donors (Lipinski definition) is 1. The lowest BCUT2D eigenvalue weighted by atomic mass is 10.0. The van der Waals surface area contributed by atoms with Crippen LogP contribution in [0.15, 0.2) is 18.2 Å². The summed E-state index contributed by atoms with van der Waals surface area (Å²) in [4.78, 5) is 11.3. The average molecular weight is 264 g/mol. The van der Waals surface area contributed by atoms with Crippen molar-refractivity contribution in [3.63, 3.8) is 0 Å². The van der Waals surface area contributed by atoms with E-state index in [1.165, 1.54) is 20.0 Å². The molecule has 4 nitrogen and oxygen atoms in total. The minimum absolute atomic E-state index is 0.0110. The van der Waals surface area contributed by atoms with E-state index < -0.39 is 5.97 Å². The lowest BCUT2D eigenvalue weighted by molar-refractivity contribution is 0.0684. The van der Waals surface area contributed by atoms with Crippen LogP contribution in [-0.2, 0) is 0 Å². The highest BCUT2D eigenvalue weighted by Crippen LogP contribution is 2.35. The normalized spacial score (nSPS) is 17.2. The summed E-state index contributed by atoms with van der Waals surface area (Å²) in [5.74, 6) is 0.334. The Bertz CT molecular complexity index is 449. The molecule has 1 aliphatic rings. The minimum Gasteiger partial charge on any atom is -0.493 e. The van der Waals surface area contributed by atoms with E-state index in [1.807, 2.05) is 6.92 Å². The number of carboxylic acid groups (broad SMARTS) is 1. The number of para-hydroxylation sites is 1. The second kappa shape index (κ2) is 5.95. The van der Waals surface area contributed by atoms with Gasteiger partial charge in [0.15, 0.2) is 11.5 Å². The first-order chi connectivity index (χ1) is 9.13. The summed E-state index contributed by atoms with van der Waals surface area (Å²) in [5.41, 5.74) is 0.157. The molecule has 1 unspecified atom stereocenters. The van der Waals surface area contributed by atoms with Crippen molar-refractivity contribution in [1.29, 1.82) is 0 Å². The van der Waals surface area contributed by atoms with E-state index in [-0.39, 0.29) is 11.7 Å². The maximum Gasteiger partial charge on any atom is 0.339 e. The maximum absolute atomic E-state index is 11.3. The Morgan fingerprint density at radius 1 is 1.37 bits per heavy atom. The van der Waals surface area contributed by atoms with Gasteiger partial charge in [-0.3, -0.25) is 0 Å². The molecule has 4 heteroatoms. The Balaban J connectivity index is 2.24. The smallest absolute Gasteiger partial charge is 0.339 e. The molecule has 1 aromatic carbocycles. The Morgan fingerprint density at radius 2 is 2.05 bits per heavy atom. The van der Waals surface area contributed by atoms with Gasteiger partial charge >= 0.3 is 5.97 Å². The first kappa shape index (κ1) is 13.7. The number of ether oxygens (including phenoxy) is 2. The van der Waals surface area contributed by atoms with Gasteiger partial charge in [0.1, 0.15) is 5.56 Å². The van der Waals surface area contributed by atoms with Crippen LogP contribution in [0.3, 0.4) is 0 Å². The van der Waals surface area contributed by atoms with E-state index in [0.29, 0.717) is 17.4 Å². The topological polar surface area (TPSA) is 55.8 Å². The quantitative estimate of drug-likeness (QED) is 0.886. The summed E-state index contributed by atoms with van der Waals surface area (Å²) in [6.45, 7) is 2.01. The highest BCUT2D eigenvalue weighted by Gasteiger charge is 2.26. The van der Waals surface area contributed by atoms with Gasteiger partial charge in [0.25, 0.3) is 0 Å². The molecular weight excluding hydrogens is 244 g/mol. The van der Waals surface area contributed by atoms with Gasteiger partial charge in [-0.05, 0) is 37.8 Å². The molecule has 2 rings (SSSR count). The van der Waals surface area contributed by atoms with E-state index in [1.54, 1.807) is 18.2 Å². The molecule has 1 atom stereocenters. The number of methoxy groups -OCH3 is 1. The molecule has 0 bridgehead atoms. The summed E-state index contributed by atoms with van der Waals surface area (Å²) < 4.78 is 11.1. The highest BCUT2D eigenvalue weighted by molar-refractivity contribution is 5.92. The standard InChI is InChI=1S/C15H20O4/c1-10(11-6-3-4-7-11)19-14-12(15(16)17)8-5-9-13(14)18-2/h5,8-11H,3-4,6-7H2,1-2H3,(H,16,17). The molecule has 0 aromatic heterocycles. The van der Waals surface area contributed by atoms with E-state index in [2.05, 4.69) is 0 Å². The summed E-state index contributed by atoms with van der Waals surface area (Å²) in [6, 6.07) is 4.93. The van der Waals surface area contributed by atoms with Crippen molar-refractivity contribution in [1.82, 2.24) is 0 Å². The van der Waals surface area contributed by atoms with Gasteiger partial charge in [-0.2, -0.15) is 0 Å². The third-order valence-electron chi connectivity index (χ3n) is 3.80. The van der Waals surface area contributed by atoms with Crippen LogP contribution in [0, 0.1) is 5.92 Å². The van der Waals surface area contributed by atoms with Crippen molar-refractivity contribution >= 4 is 5.97 Å². The lowest BCUT2D eigenvalue weighted by Crippen LogP contribution is -2.22. The Morgan fingerprint density at radius 3 is 2.63 bits per heavy atom. The van der Waals surface area contributed by atoms with Crippen LogP contribution in [0.25, 0.3) is 0 Å². The number of benzene rings is 1. The van der Waals surface area contributed by atoms with Crippen molar-refractivity contribution in [2.45, 2.75) is 38.7 Å². The monoisotopic (exact) mass is 264 g/mol. The third kappa shape index (κ3) is 3.00. The van der Waals surface area contributed by atoms with Crippen molar-refractivity contribution < 1.29 is 19.4 Å². The Labute approximate surface area is 113 Å². The third-order valence-corrected chi connectivity index (χ3v) is 3.80. The molecule has 1 saturated carbocycles. The summed E-state index contributed by atoms with van der Waals surface area (Å²) in [7, 11) is 1.52. The fourth-order valence-electron chi connectivity index (χ4n) is 2.68. The Hall–Kier alpha value is -1.71. The Kier molecular flexibility index (Phi) is 4.30. The van der Waals surface area contributed by atoms with Crippen LogP contribution in [0.2, 0.25) is 0 Å². The molecule has 0 amide bonds. The van der Waals surface area contributed by atoms with E-state index in [4.69, 9.17) is 9.47 Å². The van der Waals surface area contributed by atoms with Gasteiger partial charge in [-0.1, -0.05) is 18.9 Å². The van der Waals surface area contributed by atoms with Crippen LogP contribution in [0.1, 0.15) is 43.0 Å². The highest BCUT2D eigenvalue weighted by atomic mass is 16.5. The van der Waals surface area contributed by atoms with Gasteiger partial charge in [0.05, 0.1) is 13.2 Å². The van der Waals surface area contributed by atoms with Crippen LogP contribution >= 0.6 is 0 Å². The zero-order valence-corrected chi connectivity index (χ0v) is 11.4. The van der Waals surface area contributed by atoms with Gasteiger partial charge in [0.2, 0.25) is 0 Å². The predicted molar refractivity (Wildman–Crippen MR) is 72.0 cm³/mol. The molecule has 0 saturated heterocycles. The van der Waals surface area contributed by atoms with E-state index >= 15 is 0 Å². The minimum atomic E-state index is -0.993. The van der Waals surface area contributed by atoms with E-state index in [9.17, 15) is 9.90 Å². The second-order valence-corrected chi connectivity index (χ2v) is 5.01. The van der Waals surface area contributed by atoms with Gasteiger partial charge in [-0.25, -0.2) is 4.79 Å². The number of hydrogen-bond acceptors (Lipinski definition) is 3. The van der Waals surface area contributed by atoms with Crippen LogP contribution in [0.5, 0.6) is 11.5 Å². The van der Waals surface area contributed by atoms with Crippen LogP contribution in [0.4, 0.5) is 0 Å². The fraction of sp³-hybridized carbons (Fsp3) is 0.533. The van der Waals surface area contributed by atoms with E-state index in [0.717, 1.165) is 12.8 Å². The number of rotatable bonds is 5. The molecule has 0 heterocycles. The molecule has 1 aromatic rings. The molecular formula is C15H20O4. The van der Waals surface area contributed by atoms with Crippen LogP contribution < -0.4 is 9.47 Å². The molecule has 0 aliphatic heterocycles. The first-order valence-electron chi connectivity index (χ1n) is 6.70. The molecule has 1 N–H and O–H groups in total. The zero-order valence-electron chi connectivity index (χ0n) is 11.4. The number of carbonyl (C=O) groups is 1. The van der Waals surface area contributed by atoms with Crippen molar-refractivity contribution in [2.75, 3.05) is 7.11 Å². The summed E-state index contributed by atoms with van der Waals surface area (Å²) in [6.07, 6.45) is 4.78. The largest absolute Gasteiger partial charge is 0.493 e. The number of aromatic carboxylic acids is 1. The van der Waals surface area contributed by atoms with Gasteiger partial charge in [0, 0.05) is 0 Å². The summed E-state index contributed by atoms with van der Waals surface area (Å²) >= 11 is 0. The number of carboxylic acids is 1. The molecule has 0 radical (unpaired) electrons. The van der Waals surface area contributed by atoms with Gasteiger partial charge in [-0.15, -0.1) is 0 Å². The first-order valence-corrected chi connectivity index (χ1v) is 6.70. The van der Waals surface area contributed by atoms with Crippen molar-refractivity contribution in [2.24, 2.45) is 5.92 Å². The predicted octanol–water partition coefficient (Wildman–Crippen LogP) is 3.35. The fourth-order valence-corrected chi connectivity index (χ4v) is 2.68. The molecule has 0 spiro atoms. The second-order valence-electron chi connectivity index (χ2n) is 5.01. The van der Waals surface area contributed by atoms with Crippen molar-refractivity contribution in [3.8, 4) is 11.5 Å². The molecule has 104 valence electrons. The average Bonchev–Trinajstić information content (AvgIpc) is 2.92. The molecule has 1 aliphatic carbocycles. The lowest BCUT2D eigenvalue weighted by Gasteiger charge is -2.23. The van der Waals surface area contributed by atoms with Gasteiger partial charge < -0.3 is 14.6 Å². The molecule has 1 fully saturated rings. The zero-order chi connectivity index (χ0) is 13.8. The van der Waals surface area contributed by atoms with Crippen LogP contribution in [-0.4, -0.2) is 24.3 Å².